The van der Waals surface area contributed by atoms with E-state index < -0.39 is 35.5 Å². The first kappa shape index (κ1) is 18.7. The van der Waals surface area contributed by atoms with Gasteiger partial charge in [0.2, 0.25) is 0 Å². The van der Waals surface area contributed by atoms with E-state index in [9.17, 15) is 21.6 Å². The largest absolute Gasteiger partial charge is 0.398 e. The van der Waals surface area contributed by atoms with Gasteiger partial charge in [-0.15, -0.1) is 11.6 Å². The SMILES string of the molecule is CC(Cl)S(=O)(=O)CCNC(=O)c1ccc(S(=O)(=O)O)c(N)c1. The Kier molecular flexibility index (Phi) is 5.79. The summed E-state index contributed by atoms with van der Waals surface area (Å²) < 4.78 is 52.7. The zero-order chi connectivity index (χ0) is 17.1. The Hall–Kier alpha value is -1.36. The molecule has 0 aliphatic carbocycles. The van der Waals surface area contributed by atoms with Crippen LogP contribution in [0.4, 0.5) is 5.69 Å². The summed E-state index contributed by atoms with van der Waals surface area (Å²) >= 11 is 5.48. The molecule has 0 bridgehead atoms. The van der Waals surface area contributed by atoms with Crippen molar-refractivity contribution in [1.29, 1.82) is 0 Å². The second kappa shape index (κ2) is 6.82. The molecule has 124 valence electrons. The van der Waals surface area contributed by atoms with Crippen molar-refractivity contribution < 1.29 is 26.2 Å². The highest BCUT2D eigenvalue weighted by Gasteiger charge is 2.19. The minimum atomic E-state index is -4.47. The van der Waals surface area contributed by atoms with Crippen LogP contribution in [0.2, 0.25) is 0 Å². The molecule has 0 aromatic heterocycles. The third kappa shape index (κ3) is 4.83. The molecule has 8 nitrogen and oxygen atoms in total. The Bertz CT molecular complexity index is 774. The highest BCUT2D eigenvalue weighted by atomic mass is 35.5. The lowest BCUT2D eigenvalue weighted by Crippen LogP contribution is -2.31. The molecule has 1 aromatic rings. The average Bonchev–Trinajstić information content (AvgIpc) is 2.36. The molecule has 0 fully saturated rings. The monoisotopic (exact) mass is 370 g/mol. The number of nitrogens with two attached hydrogens (primary N) is 1. The van der Waals surface area contributed by atoms with Gasteiger partial charge in [-0.25, -0.2) is 8.42 Å². The van der Waals surface area contributed by atoms with Gasteiger partial charge in [0.05, 0.1) is 11.4 Å². The van der Waals surface area contributed by atoms with Gasteiger partial charge in [-0.1, -0.05) is 0 Å². The molecular weight excluding hydrogens is 356 g/mol. The Morgan fingerprint density at radius 1 is 1.36 bits per heavy atom. The molecule has 1 aromatic carbocycles. The van der Waals surface area contributed by atoms with E-state index in [1.54, 1.807) is 0 Å². The molecule has 0 radical (unpaired) electrons. The zero-order valence-corrected chi connectivity index (χ0v) is 13.9. The van der Waals surface area contributed by atoms with E-state index in [4.69, 9.17) is 21.9 Å². The van der Waals surface area contributed by atoms with Gasteiger partial charge in [-0.3, -0.25) is 9.35 Å². The molecule has 4 N–H and O–H groups in total. The number of carbonyl (C=O) groups excluding carboxylic acids is 1. The maximum absolute atomic E-state index is 11.8. The number of benzene rings is 1. The number of hydrogen-bond donors (Lipinski definition) is 3. The van der Waals surface area contributed by atoms with Gasteiger partial charge in [-0.2, -0.15) is 8.42 Å². The summed E-state index contributed by atoms with van der Waals surface area (Å²) in [5, 5.41) is 2.35. The minimum Gasteiger partial charge on any atom is -0.398 e. The first-order valence-electron chi connectivity index (χ1n) is 5.96. The van der Waals surface area contributed by atoms with Crippen LogP contribution >= 0.6 is 11.6 Å². The molecule has 0 spiro atoms. The number of sulfone groups is 1. The smallest absolute Gasteiger partial charge is 0.296 e. The fourth-order valence-electron chi connectivity index (χ4n) is 1.50. The summed E-state index contributed by atoms with van der Waals surface area (Å²) in [4.78, 5) is 11.3. The number of amides is 1. The summed E-state index contributed by atoms with van der Waals surface area (Å²) in [6.07, 6.45) is 0. The van der Waals surface area contributed by atoms with E-state index in [1.807, 2.05) is 0 Å². The lowest BCUT2D eigenvalue weighted by molar-refractivity contribution is 0.0956. The Balaban J connectivity index is 2.78. The Morgan fingerprint density at radius 3 is 2.41 bits per heavy atom. The van der Waals surface area contributed by atoms with Gasteiger partial charge in [0.25, 0.3) is 16.0 Å². The van der Waals surface area contributed by atoms with Crippen molar-refractivity contribution in [2.75, 3.05) is 18.0 Å². The molecular formula is C11H15ClN2O6S2. The van der Waals surface area contributed by atoms with Gasteiger partial charge in [0.1, 0.15) is 9.60 Å². The highest BCUT2D eigenvalue weighted by Crippen LogP contribution is 2.19. The standard InChI is InChI=1S/C11H15ClN2O6S2/c1-7(12)21(16,17)5-4-14-11(15)8-2-3-10(9(13)6-8)22(18,19)20/h2-3,6-7H,4-5,13H2,1H3,(H,14,15)(H,18,19,20). The topological polar surface area (TPSA) is 144 Å². The van der Waals surface area contributed by atoms with Gasteiger partial charge >= 0.3 is 0 Å². The lowest BCUT2D eigenvalue weighted by atomic mass is 10.2. The second-order valence-electron chi connectivity index (χ2n) is 4.39. The van der Waals surface area contributed by atoms with Crippen LogP contribution in [-0.2, 0) is 20.0 Å². The van der Waals surface area contributed by atoms with Crippen LogP contribution in [0.25, 0.3) is 0 Å². The van der Waals surface area contributed by atoms with Crippen LogP contribution in [0.3, 0.4) is 0 Å². The second-order valence-corrected chi connectivity index (χ2v) is 9.14. The van der Waals surface area contributed by atoms with Gasteiger partial charge in [0, 0.05) is 12.1 Å². The molecule has 22 heavy (non-hydrogen) atoms. The third-order valence-corrected chi connectivity index (χ3v) is 6.22. The van der Waals surface area contributed by atoms with Gasteiger partial charge in [-0.05, 0) is 25.1 Å². The number of carbonyl (C=O) groups is 1. The number of hydrogen-bond acceptors (Lipinski definition) is 6. The van der Waals surface area contributed by atoms with Crippen molar-refractivity contribution >= 4 is 43.2 Å². The maximum Gasteiger partial charge on any atom is 0.296 e. The maximum atomic E-state index is 11.8. The van der Waals surface area contributed by atoms with Crippen molar-refractivity contribution in [3.05, 3.63) is 23.8 Å². The summed E-state index contributed by atoms with van der Waals surface area (Å²) in [6, 6.07) is 3.20. The van der Waals surface area contributed by atoms with Crippen molar-refractivity contribution in [3.63, 3.8) is 0 Å². The molecule has 1 rings (SSSR count). The van der Waals surface area contributed by atoms with Crippen molar-refractivity contribution in [2.45, 2.75) is 16.5 Å². The summed E-state index contributed by atoms with van der Waals surface area (Å²) in [5.41, 5.74) is 5.19. The first-order chi connectivity index (χ1) is 9.95. The van der Waals surface area contributed by atoms with Gasteiger partial charge < -0.3 is 11.1 Å². The predicted octanol–water partition coefficient (Wildman–Crippen LogP) is 0.245. The third-order valence-electron chi connectivity index (χ3n) is 2.72. The van der Waals surface area contributed by atoms with E-state index in [-0.39, 0.29) is 23.5 Å². The number of nitrogen functional groups attached to an aromatic ring is 1. The predicted molar refractivity (Wildman–Crippen MR) is 82.1 cm³/mol. The molecule has 0 saturated carbocycles. The first-order valence-corrected chi connectivity index (χ1v) is 9.55. The molecule has 0 aliphatic rings. The van der Waals surface area contributed by atoms with Crippen molar-refractivity contribution in [1.82, 2.24) is 5.32 Å². The number of alkyl halides is 1. The van der Waals surface area contributed by atoms with Crippen LogP contribution in [0.15, 0.2) is 23.1 Å². The normalized spacial score (nSPS) is 13.6. The van der Waals surface area contributed by atoms with Crippen LogP contribution < -0.4 is 11.1 Å². The van der Waals surface area contributed by atoms with Gasteiger partial charge in [0.15, 0.2) is 9.84 Å². The molecule has 1 unspecified atom stereocenters. The fraction of sp³-hybridized carbons (Fsp3) is 0.364. The molecule has 0 aliphatic heterocycles. The van der Waals surface area contributed by atoms with Crippen LogP contribution in [0, 0.1) is 0 Å². The zero-order valence-electron chi connectivity index (χ0n) is 11.5. The molecule has 0 saturated heterocycles. The molecule has 0 heterocycles. The summed E-state index contributed by atoms with van der Waals surface area (Å²) in [5.74, 6) is -0.965. The summed E-state index contributed by atoms with van der Waals surface area (Å²) in [7, 11) is -7.97. The summed E-state index contributed by atoms with van der Waals surface area (Å²) in [6.45, 7) is 1.16. The van der Waals surface area contributed by atoms with Crippen LogP contribution in [-0.4, -0.2) is 44.3 Å². The number of anilines is 1. The lowest BCUT2D eigenvalue weighted by Gasteiger charge is -2.09. The van der Waals surface area contributed by atoms with Crippen LogP contribution in [0.1, 0.15) is 17.3 Å². The van der Waals surface area contributed by atoms with E-state index >= 15 is 0 Å². The highest BCUT2D eigenvalue weighted by molar-refractivity contribution is 7.93. The molecule has 1 amide bonds. The molecule has 11 heteroatoms. The fourth-order valence-corrected chi connectivity index (χ4v) is 3.07. The van der Waals surface area contributed by atoms with E-state index in [0.717, 1.165) is 18.2 Å². The average molecular weight is 371 g/mol. The van der Waals surface area contributed by atoms with Crippen LogP contribution in [0.5, 0.6) is 0 Å². The number of rotatable bonds is 6. The van der Waals surface area contributed by atoms with Crippen molar-refractivity contribution in [2.24, 2.45) is 0 Å². The Morgan fingerprint density at radius 2 is 1.95 bits per heavy atom. The van der Waals surface area contributed by atoms with E-state index in [2.05, 4.69) is 5.32 Å². The van der Waals surface area contributed by atoms with Crippen molar-refractivity contribution in [3.8, 4) is 0 Å². The van der Waals surface area contributed by atoms with E-state index in [1.165, 1.54) is 6.92 Å². The quantitative estimate of drug-likeness (QED) is 0.369. The molecule has 1 atom stereocenters. The number of nitrogens with one attached hydrogen (secondary N) is 1. The van der Waals surface area contributed by atoms with E-state index in [0.29, 0.717) is 0 Å². The number of halogens is 1. The Labute approximate surface area is 133 Å². The minimum absolute atomic E-state index is 0.0289.